The Morgan fingerprint density at radius 2 is 1.89 bits per heavy atom. The van der Waals surface area contributed by atoms with Crippen molar-refractivity contribution in [2.24, 2.45) is 0 Å². The summed E-state index contributed by atoms with van der Waals surface area (Å²) in [5, 5.41) is 15.8. The number of hydrogen-bond acceptors (Lipinski definition) is 8. The van der Waals surface area contributed by atoms with Crippen molar-refractivity contribution in [2.45, 2.75) is 13.0 Å². The van der Waals surface area contributed by atoms with Crippen LogP contribution in [0.4, 0.5) is 5.95 Å². The number of rotatable bonds is 5. The molecule has 0 saturated heterocycles. The fourth-order valence-electron chi connectivity index (χ4n) is 2.53. The van der Waals surface area contributed by atoms with Gasteiger partial charge in [0.05, 0.1) is 18.7 Å². The smallest absolute Gasteiger partial charge is 0.354 e. The molecular formula is C17H16N6O5. The van der Waals surface area contributed by atoms with Crippen molar-refractivity contribution in [1.82, 2.24) is 24.9 Å². The van der Waals surface area contributed by atoms with Gasteiger partial charge in [0, 0.05) is 6.07 Å². The first-order valence-electron chi connectivity index (χ1n) is 8.06. The van der Waals surface area contributed by atoms with Gasteiger partial charge in [-0.1, -0.05) is 12.1 Å². The summed E-state index contributed by atoms with van der Waals surface area (Å²) in [7, 11) is 1.29. The number of amides is 1. The van der Waals surface area contributed by atoms with Gasteiger partial charge in [-0.15, -0.1) is 5.10 Å². The van der Waals surface area contributed by atoms with Gasteiger partial charge in [0.2, 0.25) is 5.95 Å². The molecule has 1 aromatic carbocycles. The van der Waals surface area contributed by atoms with E-state index >= 15 is 0 Å². The largest absolute Gasteiger partial charge is 0.477 e. The number of fused-ring (bicyclic) bond motifs is 1. The lowest BCUT2D eigenvalue weighted by Crippen LogP contribution is -2.28. The highest BCUT2D eigenvalue weighted by Crippen LogP contribution is 2.15. The lowest BCUT2D eigenvalue weighted by molar-refractivity contribution is 0.0599. The average molecular weight is 384 g/mol. The highest BCUT2D eigenvalue weighted by molar-refractivity contribution is 5.96. The van der Waals surface area contributed by atoms with E-state index in [1.807, 2.05) is 0 Å². The molecule has 11 nitrogen and oxygen atoms in total. The van der Waals surface area contributed by atoms with Crippen LogP contribution >= 0.6 is 0 Å². The number of nitrogens with one attached hydrogen (secondary N) is 1. The molecule has 0 aliphatic rings. The quantitative estimate of drug-likeness (QED) is 0.537. The topological polar surface area (TPSA) is 162 Å². The molecule has 1 atom stereocenters. The third-order valence-corrected chi connectivity index (χ3v) is 3.96. The SMILES string of the molecule is COC(=O)c1ccc([C@H](C)NC(=O)c2cc(C(=O)O)n3nc(N)nc3n2)cc1. The molecule has 0 radical (unpaired) electrons. The number of aromatic nitrogens is 4. The van der Waals surface area contributed by atoms with Crippen molar-refractivity contribution in [2.75, 3.05) is 12.8 Å². The zero-order valence-corrected chi connectivity index (χ0v) is 14.9. The number of nitrogens with two attached hydrogens (primary N) is 1. The Morgan fingerprint density at radius 1 is 1.21 bits per heavy atom. The van der Waals surface area contributed by atoms with E-state index in [1.165, 1.54) is 7.11 Å². The van der Waals surface area contributed by atoms with Crippen LogP contribution in [0.3, 0.4) is 0 Å². The lowest BCUT2D eigenvalue weighted by Gasteiger charge is -2.14. The summed E-state index contributed by atoms with van der Waals surface area (Å²) in [5.74, 6) is -2.63. The van der Waals surface area contributed by atoms with Gasteiger partial charge in [0.1, 0.15) is 5.69 Å². The van der Waals surface area contributed by atoms with Crippen LogP contribution in [0, 0.1) is 0 Å². The van der Waals surface area contributed by atoms with Crippen molar-refractivity contribution in [3.05, 3.63) is 52.8 Å². The minimum Gasteiger partial charge on any atom is -0.477 e. The van der Waals surface area contributed by atoms with E-state index in [2.05, 4.69) is 25.1 Å². The number of carbonyl (C=O) groups excluding carboxylic acids is 2. The fourth-order valence-corrected chi connectivity index (χ4v) is 2.53. The summed E-state index contributed by atoms with van der Waals surface area (Å²) in [6.07, 6.45) is 0. The van der Waals surface area contributed by atoms with Gasteiger partial charge in [0.25, 0.3) is 11.7 Å². The molecule has 0 saturated carbocycles. The lowest BCUT2D eigenvalue weighted by atomic mass is 10.1. The van der Waals surface area contributed by atoms with Crippen LogP contribution in [0.25, 0.3) is 5.78 Å². The maximum atomic E-state index is 12.5. The molecule has 3 rings (SSSR count). The van der Waals surface area contributed by atoms with Crippen LogP contribution in [0.5, 0.6) is 0 Å². The molecule has 0 unspecified atom stereocenters. The van der Waals surface area contributed by atoms with E-state index in [0.29, 0.717) is 5.56 Å². The van der Waals surface area contributed by atoms with Crippen LogP contribution in [-0.4, -0.2) is 49.6 Å². The molecular weight excluding hydrogens is 368 g/mol. The maximum Gasteiger partial charge on any atom is 0.354 e. The van der Waals surface area contributed by atoms with Crippen molar-refractivity contribution < 1.29 is 24.2 Å². The Labute approximate surface area is 158 Å². The van der Waals surface area contributed by atoms with Crippen LogP contribution in [-0.2, 0) is 4.74 Å². The van der Waals surface area contributed by atoms with Gasteiger partial charge in [0.15, 0.2) is 5.69 Å². The molecule has 0 fully saturated rings. The van der Waals surface area contributed by atoms with E-state index in [9.17, 15) is 19.5 Å². The number of nitrogens with zero attached hydrogens (tertiary/aromatic N) is 4. The van der Waals surface area contributed by atoms with Crippen LogP contribution < -0.4 is 11.1 Å². The number of esters is 1. The number of anilines is 1. The molecule has 4 N–H and O–H groups in total. The van der Waals surface area contributed by atoms with Crippen molar-refractivity contribution in [3.8, 4) is 0 Å². The normalized spacial score (nSPS) is 11.8. The minimum absolute atomic E-state index is 0.0994. The molecule has 1 amide bonds. The van der Waals surface area contributed by atoms with Gasteiger partial charge in [-0.25, -0.2) is 14.6 Å². The number of methoxy groups -OCH3 is 1. The zero-order chi connectivity index (χ0) is 20.4. The Balaban J connectivity index is 1.84. The zero-order valence-electron chi connectivity index (χ0n) is 14.9. The highest BCUT2D eigenvalue weighted by atomic mass is 16.5. The van der Waals surface area contributed by atoms with E-state index in [4.69, 9.17) is 5.73 Å². The second-order valence-corrected chi connectivity index (χ2v) is 5.82. The van der Waals surface area contributed by atoms with Crippen molar-refractivity contribution >= 4 is 29.6 Å². The molecule has 28 heavy (non-hydrogen) atoms. The second kappa shape index (κ2) is 7.31. The maximum absolute atomic E-state index is 12.5. The minimum atomic E-state index is -1.31. The Hall–Kier alpha value is -4.02. The van der Waals surface area contributed by atoms with Crippen LogP contribution in [0.15, 0.2) is 30.3 Å². The van der Waals surface area contributed by atoms with E-state index in [1.54, 1.807) is 31.2 Å². The van der Waals surface area contributed by atoms with Crippen molar-refractivity contribution in [1.29, 1.82) is 0 Å². The van der Waals surface area contributed by atoms with E-state index in [0.717, 1.165) is 16.1 Å². The molecule has 3 aromatic rings. The van der Waals surface area contributed by atoms with E-state index in [-0.39, 0.29) is 23.1 Å². The Kier molecular flexibility index (Phi) is 4.90. The van der Waals surface area contributed by atoms with Crippen LogP contribution in [0.2, 0.25) is 0 Å². The second-order valence-electron chi connectivity index (χ2n) is 5.82. The third-order valence-electron chi connectivity index (χ3n) is 3.96. The van der Waals surface area contributed by atoms with Gasteiger partial charge in [-0.2, -0.15) is 9.50 Å². The number of benzene rings is 1. The highest BCUT2D eigenvalue weighted by Gasteiger charge is 2.20. The standard InChI is InChI=1S/C17H16N6O5/c1-8(9-3-5-10(6-4-9)15(27)28-2)19-13(24)11-7-12(14(25)26)23-17(20-11)21-16(18)22-23/h3-8H,1-2H3,(H2,18,22)(H,19,24)(H,25,26)/t8-/m0/s1. The first-order valence-corrected chi connectivity index (χ1v) is 8.06. The molecule has 0 bridgehead atoms. The summed E-state index contributed by atoms with van der Waals surface area (Å²) >= 11 is 0. The van der Waals surface area contributed by atoms with Crippen molar-refractivity contribution in [3.63, 3.8) is 0 Å². The van der Waals surface area contributed by atoms with Gasteiger partial charge in [-0.05, 0) is 24.6 Å². The summed E-state index contributed by atoms with van der Waals surface area (Å²) in [4.78, 5) is 43.3. The molecule has 11 heteroatoms. The number of ether oxygens (including phenoxy) is 1. The predicted molar refractivity (Wildman–Crippen MR) is 95.8 cm³/mol. The van der Waals surface area contributed by atoms with Crippen LogP contribution in [0.1, 0.15) is 49.9 Å². The Morgan fingerprint density at radius 3 is 2.50 bits per heavy atom. The van der Waals surface area contributed by atoms with Gasteiger partial charge >= 0.3 is 11.9 Å². The summed E-state index contributed by atoms with van der Waals surface area (Å²) in [5.41, 5.74) is 6.15. The fraction of sp³-hybridized carbons (Fsp3) is 0.176. The monoisotopic (exact) mass is 384 g/mol. The van der Waals surface area contributed by atoms with Gasteiger partial charge < -0.3 is 20.9 Å². The summed E-state index contributed by atoms with van der Waals surface area (Å²) in [6, 6.07) is 7.16. The number of carbonyl (C=O) groups is 3. The third kappa shape index (κ3) is 3.58. The first kappa shape index (κ1) is 18.8. The van der Waals surface area contributed by atoms with Gasteiger partial charge in [-0.3, -0.25) is 4.79 Å². The van der Waals surface area contributed by atoms with E-state index < -0.39 is 23.9 Å². The molecule has 2 aromatic heterocycles. The molecule has 2 heterocycles. The summed E-state index contributed by atoms with van der Waals surface area (Å²) < 4.78 is 5.59. The first-order chi connectivity index (χ1) is 13.3. The number of aromatic carboxylic acids is 1. The number of carboxylic acids is 1. The molecule has 0 aliphatic heterocycles. The number of nitrogen functional groups attached to an aromatic ring is 1. The average Bonchev–Trinajstić information content (AvgIpc) is 3.06. The predicted octanol–water partition coefficient (Wildman–Crippen LogP) is 0.682. The molecule has 0 aliphatic carbocycles. The Bertz CT molecular complexity index is 1080. The molecule has 144 valence electrons. The number of hydrogen-bond donors (Lipinski definition) is 3. The molecule has 0 spiro atoms. The summed E-state index contributed by atoms with van der Waals surface area (Å²) in [6.45, 7) is 1.73. The number of carboxylic acid groups (broad SMARTS) is 1.